The minimum absolute atomic E-state index is 0.191. The number of rotatable bonds is 12. The van der Waals surface area contributed by atoms with Crippen molar-refractivity contribution in [2.75, 3.05) is 42.9 Å². The van der Waals surface area contributed by atoms with E-state index in [0.717, 1.165) is 9.87 Å². The van der Waals surface area contributed by atoms with E-state index in [1.54, 1.807) is 25.1 Å². The van der Waals surface area contributed by atoms with Gasteiger partial charge in [-0.05, 0) is 43.9 Å². The van der Waals surface area contributed by atoms with Crippen molar-refractivity contribution in [3.05, 3.63) is 54.1 Å². The molecule has 1 aliphatic heterocycles. The fraction of sp³-hybridized carbons (Fsp3) is 0.481. The highest BCUT2D eigenvalue weighted by Crippen LogP contribution is 2.35. The molecule has 0 aromatic heterocycles. The standard InChI is InChI=1S/C27H37N3O6S/c1-5-37(33,34)30(23-11-12-24-25(17-23)36-16-15-35-24)19-26(31)29(14-13-22-9-7-6-8-10-22)21(4)27(32)28-18-20(2)3/h6-12,17,20-21H,5,13-16,18-19H2,1-4H3,(H,28,32). The maximum absolute atomic E-state index is 13.7. The van der Waals surface area contributed by atoms with Crippen LogP contribution in [-0.2, 0) is 26.0 Å². The second-order valence-electron chi connectivity index (χ2n) is 9.37. The molecule has 0 radical (unpaired) electrons. The maximum Gasteiger partial charge on any atom is 0.244 e. The van der Waals surface area contributed by atoms with E-state index >= 15 is 0 Å². The molecule has 0 bridgehead atoms. The number of amides is 2. The normalized spacial score (nSPS) is 13.6. The Morgan fingerprint density at radius 2 is 1.68 bits per heavy atom. The molecule has 0 saturated carbocycles. The van der Waals surface area contributed by atoms with Gasteiger partial charge in [-0.2, -0.15) is 0 Å². The summed E-state index contributed by atoms with van der Waals surface area (Å²) in [5.74, 6) is 0.271. The quantitative estimate of drug-likeness (QED) is 0.452. The molecule has 1 unspecified atom stereocenters. The van der Waals surface area contributed by atoms with Gasteiger partial charge in [-0.1, -0.05) is 44.2 Å². The highest BCUT2D eigenvalue weighted by atomic mass is 32.2. The number of carbonyl (C=O) groups is 2. The van der Waals surface area contributed by atoms with Crippen LogP contribution in [0.4, 0.5) is 5.69 Å². The predicted molar refractivity (Wildman–Crippen MR) is 143 cm³/mol. The Bertz CT molecular complexity index is 1170. The van der Waals surface area contributed by atoms with Crippen molar-refractivity contribution >= 4 is 27.5 Å². The number of carbonyl (C=O) groups excluding carboxylic acids is 2. The lowest BCUT2D eigenvalue weighted by molar-refractivity contribution is -0.138. The smallest absolute Gasteiger partial charge is 0.244 e. The summed E-state index contributed by atoms with van der Waals surface area (Å²) in [5.41, 5.74) is 1.32. The molecule has 9 nitrogen and oxygen atoms in total. The Kier molecular flexibility index (Phi) is 9.79. The van der Waals surface area contributed by atoms with Gasteiger partial charge >= 0.3 is 0 Å². The fourth-order valence-electron chi connectivity index (χ4n) is 3.93. The molecule has 10 heteroatoms. The average molecular weight is 532 g/mol. The zero-order chi connectivity index (χ0) is 27.0. The van der Waals surface area contributed by atoms with E-state index in [2.05, 4.69) is 5.32 Å². The summed E-state index contributed by atoms with van der Waals surface area (Å²) in [6.45, 7) is 8.25. The van der Waals surface area contributed by atoms with Gasteiger partial charge in [-0.15, -0.1) is 0 Å². The Labute approximate surface area is 219 Å². The van der Waals surface area contributed by atoms with Crippen LogP contribution in [0.15, 0.2) is 48.5 Å². The zero-order valence-corrected chi connectivity index (χ0v) is 22.8. The van der Waals surface area contributed by atoms with E-state index in [0.29, 0.717) is 43.4 Å². The van der Waals surface area contributed by atoms with Crippen molar-refractivity contribution < 1.29 is 27.5 Å². The lowest BCUT2D eigenvalue weighted by Crippen LogP contribution is -2.52. The number of anilines is 1. The number of ether oxygens (including phenoxy) is 2. The minimum atomic E-state index is -3.81. The summed E-state index contributed by atoms with van der Waals surface area (Å²) >= 11 is 0. The summed E-state index contributed by atoms with van der Waals surface area (Å²) in [4.78, 5) is 28.0. The molecular formula is C27H37N3O6S. The molecule has 2 aromatic rings. The maximum atomic E-state index is 13.7. The first kappa shape index (κ1) is 28.3. The molecule has 1 heterocycles. The van der Waals surface area contributed by atoms with E-state index in [4.69, 9.17) is 9.47 Å². The molecule has 202 valence electrons. The molecule has 1 aliphatic rings. The van der Waals surface area contributed by atoms with Crippen molar-refractivity contribution in [2.45, 2.75) is 40.2 Å². The molecule has 2 amide bonds. The van der Waals surface area contributed by atoms with Gasteiger partial charge in [-0.25, -0.2) is 8.42 Å². The lowest BCUT2D eigenvalue weighted by atomic mass is 10.1. The topological polar surface area (TPSA) is 105 Å². The third-order valence-corrected chi connectivity index (χ3v) is 7.87. The summed E-state index contributed by atoms with van der Waals surface area (Å²) < 4.78 is 38.4. The number of benzene rings is 2. The molecule has 0 aliphatic carbocycles. The molecule has 37 heavy (non-hydrogen) atoms. The first-order valence-corrected chi connectivity index (χ1v) is 14.2. The van der Waals surface area contributed by atoms with Gasteiger partial charge in [0.25, 0.3) is 0 Å². The Morgan fingerprint density at radius 1 is 1.00 bits per heavy atom. The molecular weight excluding hydrogens is 494 g/mol. The molecule has 0 fully saturated rings. The summed E-state index contributed by atoms with van der Waals surface area (Å²) in [5, 5.41) is 2.88. The van der Waals surface area contributed by atoms with Crippen molar-refractivity contribution in [3.63, 3.8) is 0 Å². The van der Waals surface area contributed by atoms with Crippen molar-refractivity contribution in [3.8, 4) is 11.5 Å². The monoisotopic (exact) mass is 531 g/mol. The molecule has 1 N–H and O–H groups in total. The molecule has 2 aromatic carbocycles. The summed E-state index contributed by atoms with van der Waals surface area (Å²) in [7, 11) is -3.81. The number of nitrogens with one attached hydrogen (secondary N) is 1. The average Bonchev–Trinajstić information content (AvgIpc) is 2.90. The van der Waals surface area contributed by atoms with Crippen LogP contribution in [0, 0.1) is 5.92 Å². The largest absolute Gasteiger partial charge is 0.486 e. The molecule has 0 saturated heterocycles. The van der Waals surface area contributed by atoms with E-state index in [-0.39, 0.29) is 24.1 Å². The van der Waals surface area contributed by atoms with Gasteiger partial charge in [0.15, 0.2) is 11.5 Å². The third-order valence-electron chi connectivity index (χ3n) is 6.13. The van der Waals surface area contributed by atoms with E-state index in [1.165, 1.54) is 11.8 Å². The Balaban J connectivity index is 1.87. The number of nitrogens with zero attached hydrogens (tertiary/aromatic N) is 2. The van der Waals surface area contributed by atoms with Crippen molar-refractivity contribution in [1.29, 1.82) is 0 Å². The third kappa shape index (κ3) is 7.61. The highest BCUT2D eigenvalue weighted by molar-refractivity contribution is 7.92. The van der Waals surface area contributed by atoms with Gasteiger partial charge in [-0.3, -0.25) is 13.9 Å². The summed E-state index contributed by atoms with van der Waals surface area (Å²) in [6, 6.07) is 13.7. The van der Waals surface area contributed by atoms with Crippen molar-refractivity contribution in [1.82, 2.24) is 10.2 Å². The van der Waals surface area contributed by atoms with Crippen LogP contribution in [0.25, 0.3) is 0 Å². The Morgan fingerprint density at radius 3 is 2.32 bits per heavy atom. The number of sulfonamides is 1. The van der Waals surface area contributed by atoms with Gasteiger partial charge in [0, 0.05) is 19.2 Å². The van der Waals surface area contributed by atoms with Gasteiger partial charge in [0.2, 0.25) is 21.8 Å². The van der Waals surface area contributed by atoms with Crippen LogP contribution in [0.3, 0.4) is 0 Å². The number of fused-ring (bicyclic) bond motifs is 1. The Hall–Kier alpha value is -3.27. The summed E-state index contributed by atoms with van der Waals surface area (Å²) in [6.07, 6.45) is 0.527. The van der Waals surface area contributed by atoms with E-state index < -0.39 is 28.5 Å². The molecule has 1 atom stereocenters. The van der Waals surface area contributed by atoms with E-state index in [9.17, 15) is 18.0 Å². The lowest BCUT2D eigenvalue weighted by Gasteiger charge is -2.32. The SMILES string of the molecule is CCS(=O)(=O)N(CC(=O)N(CCc1ccccc1)C(C)C(=O)NCC(C)C)c1ccc2c(c1)OCCO2. The second-order valence-corrected chi connectivity index (χ2v) is 11.6. The van der Waals surface area contributed by atoms with Crippen LogP contribution in [0.5, 0.6) is 11.5 Å². The second kappa shape index (κ2) is 12.8. The predicted octanol–water partition coefficient (Wildman–Crippen LogP) is 2.85. The van der Waals surface area contributed by atoms with Crippen LogP contribution in [0.2, 0.25) is 0 Å². The molecule has 0 spiro atoms. The molecule has 3 rings (SSSR count). The van der Waals surface area contributed by atoms with Crippen molar-refractivity contribution in [2.24, 2.45) is 5.92 Å². The number of hydrogen-bond acceptors (Lipinski definition) is 6. The van der Waals surface area contributed by atoms with Gasteiger partial charge in [0.05, 0.1) is 11.4 Å². The minimum Gasteiger partial charge on any atom is -0.486 e. The zero-order valence-electron chi connectivity index (χ0n) is 22.0. The van der Waals surface area contributed by atoms with Crippen LogP contribution in [-0.4, -0.2) is 69.8 Å². The highest BCUT2D eigenvalue weighted by Gasteiger charge is 2.31. The van der Waals surface area contributed by atoms with E-state index in [1.807, 2.05) is 44.2 Å². The first-order chi connectivity index (χ1) is 17.6. The van der Waals surface area contributed by atoms with Crippen LogP contribution in [0.1, 0.15) is 33.3 Å². The van der Waals surface area contributed by atoms with Crippen LogP contribution < -0.4 is 19.1 Å². The first-order valence-electron chi connectivity index (χ1n) is 12.6. The van der Waals surface area contributed by atoms with Crippen LogP contribution >= 0.6 is 0 Å². The fourth-order valence-corrected chi connectivity index (χ4v) is 4.98. The van der Waals surface area contributed by atoms with Gasteiger partial charge < -0.3 is 19.7 Å². The number of hydrogen-bond donors (Lipinski definition) is 1. The van der Waals surface area contributed by atoms with Gasteiger partial charge in [0.1, 0.15) is 25.8 Å².